The minimum Gasteiger partial charge on any atom is -0.356 e. The average Bonchev–Trinajstić information content (AvgIpc) is 3.98. The van der Waals surface area contributed by atoms with Gasteiger partial charge in [-0.2, -0.15) is 11.8 Å². The van der Waals surface area contributed by atoms with Crippen LogP contribution in [-0.2, 0) is 28.8 Å². The number of carbonyl (C=O) groups excluding carboxylic acids is 7. The lowest BCUT2D eigenvalue weighted by atomic mass is 9.92. The molecule has 16 nitrogen and oxygen atoms in total. The molecule has 3 aliphatic rings. The Morgan fingerprint density at radius 3 is 1.81 bits per heavy atom. The van der Waals surface area contributed by atoms with E-state index in [2.05, 4.69) is 42.2 Å². The van der Waals surface area contributed by atoms with Crippen molar-refractivity contribution in [2.75, 3.05) is 45.0 Å². The van der Waals surface area contributed by atoms with Gasteiger partial charge in [0.2, 0.25) is 35.4 Å². The number of unbranched alkanes of at least 4 members (excludes halogenated alkanes) is 3. The standard InChI is InChI=1S/C41H65N9O7S/c1-29(30-18-24-42-25-19-30)38(40(56)50-26-7-8-27-50)48-37(55)14-3-2-6-20-43-34(52)15-9-22-45-36(54)17-11-23-46-35(53)16-10-21-44-33(51)13-5-4-12-32-39-31(28-58-32)47-41(57)49-39/h18-19,24-25,29,31-32,38-39H,2-17,20-23,26-28H2,1H3,(H,43,52)(H,44,51)(H,45,54)(H,46,53)(H,48,55)(H2,47,49,57)/t29-,31-,32-,38+,39-/m0/s1. The van der Waals surface area contributed by atoms with Gasteiger partial charge in [0.1, 0.15) is 6.04 Å². The molecule has 0 spiro atoms. The molecule has 8 amide bonds. The highest BCUT2D eigenvalue weighted by Gasteiger charge is 2.42. The fourth-order valence-corrected chi connectivity index (χ4v) is 9.06. The molecule has 17 heteroatoms. The van der Waals surface area contributed by atoms with Crippen LogP contribution >= 0.6 is 11.8 Å². The molecule has 0 bridgehead atoms. The highest BCUT2D eigenvalue weighted by molar-refractivity contribution is 8.00. The summed E-state index contributed by atoms with van der Waals surface area (Å²) in [6, 6.07) is 3.43. The van der Waals surface area contributed by atoms with Gasteiger partial charge in [-0.1, -0.05) is 19.8 Å². The summed E-state index contributed by atoms with van der Waals surface area (Å²) in [6.07, 6.45) is 13.3. The molecule has 0 aromatic carbocycles. The fourth-order valence-electron chi connectivity index (χ4n) is 7.51. The molecule has 0 unspecified atom stereocenters. The molecule has 322 valence electrons. The van der Waals surface area contributed by atoms with Gasteiger partial charge in [0.25, 0.3) is 0 Å². The molecule has 4 heterocycles. The predicted molar refractivity (Wildman–Crippen MR) is 223 cm³/mol. The topological polar surface area (TPSA) is 220 Å². The quantitative estimate of drug-likeness (QED) is 0.0511. The van der Waals surface area contributed by atoms with Crippen LogP contribution in [-0.4, -0.2) is 120 Å². The molecule has 3 fully saturated rings. The van der Waals surface area contributed by atoms with E-state index in [0.29, 0.717) is 82.8 Å². The second kappa shape index (κ2) is 25.8. The summed E-state index contributed by atoms with van der Waals surface area (Å²) in [4.78, 5) is 92.2. The Kier molecular flexibility index (Phi) is 20.6. The molecule has 7 N–H and O–H groups in total. The van der Waals surface area contributed by atoms with Crippen LogP contribution in [0.25, 0.3) is 0 Å². The number of hydrogen-bond acceptors (Lipinski definition) is 9. The van der Waals surface area contributed by atoms with Gasteiger partial charge in [-0.3, -0.25) is 33.8 Å². The van der Waals surface area contributed by atoms with E-state index in [1.165, 1.54) is 0 Å². The molecular formula is C41H65N9O7S. The summed E-state index contributed by atoms with van der Waals surface area (Å²) in [5.41, 5.74) is 0.952. The molecule has 1 aromatic heterocycles. The Bertz CT molecular complexity index is 1500. The molecule has 0 saturated carbocycles. The minimum atomic E-state index is -0.630. The number of carbonyl (C=O) groups is 7. The number of amides is 8. The number of nitrogens with zero attached hydrogens (tertiary/aromatic N) is 2. The van der Waals surface area contributed by atoms with Gasteiger partial charge in [0.15, 0.2) is 0 Å². The number of thioether (sulfide) groups is 1. The van der Waals surface area contributed by atoms with Crippen molar-refractivity contribution in [3.63, 3.8) is 0 Å². The third-order valence-electron chi connectivity index (χ3n) is 10.9. The number of hydrogen-bond donors (Lipinski definition) is 7. The molecule has 0 aliphatic carbocycles. The van der Waals surface area contributed by atoms with E-state index in [0.717, 1.165) is 69.4 Å². The first kappa shape index (κ1) is 46.3. The largest absolute Gasteiger partial charge is 0.356 e. The molecule has 4 rings (SSSR count). The van der Waals surface area contributed by atoms with E-state index in [4.69, 9.17) is 0 Å². The van der Waals surface area contributed by atoms with Crippen molar-refractivity contribution in [1.82, 2.24) is 47.1 Å². The third-order valence-corrected chi connectivity index (χ3v) is 12.4. The van der Waals surface area contributed by atoms with Gasteiger partial charge in [0.05, 0.1) is 12.1 Å². The van der Waals surface area contributed by atoms with Crippen LogP contribution in [0.2, 0.25) is 0 Å². The maximum atomic E-state index is 13.3. The normalized spacial score (nSPS) is 19.3. The second-order valence-corrected chi connectivity index (χ2v) is 16.8. The molecule has 3 aliphatic heterocycles. The number of fused-ring (bicyclic) bond motifs is 1. The Morgan fingerprint density at radius 1 is 0.707 bits per heavy atom. The van der Waals surface area contributed by atoms with Crippen LogP contribution in [0, 0.1) is 0 Å². The summed E-state index contributed by atoms with van der Waals surface area (Å²) < 4.78 is 0. The van der Waals surface area contributed by atoms with Crippen molar-refractivity contribution in [3.05, 3.63) is 30.1 Å². The highest BCUT2D eigenvalue weighted by Crippen LogP contribution is 2.33. The van der Waals surface area contributed by atoms with Crippen LogP contribution in [0.4, 0.5) is 4.79 Å². The first-order valence-corrected chi connectivity index (χ1v) is 22.4. The van der Waals surface area contributed by atoms with E-state index in [1.807, 2.05) is 35.7 Å². The number of urea groups is 1. The summed E-state index contributed by atoms with van der Waals surface area (Å²) in [7, 11) is 0. The summed E-state index contributed by atoms with van der Waals surface area (Å²) >= 11 is 1.87. The molecular weight excluding hydrogens is 763 g/mol. The molecule has 58 heavy (non-hydrogen) atoms. The number of likely N-dealkylation sites (tertiary alicyclic amines) is 1. The maximum Gasteiger partial charge on any atom is 0.315 e. The van der Waals surface area contributed by atoms with Gasteiger partial charge < -0.3 is 42.1 Å². The van der Waals surface area contributed by atoms with E-state index < -0.39 is 6.04 Å². The third kappa shape index (κ3) is 16.8. The van der Waals surface area contributed by atoms with Crippen LogP contribution in [0.5, 0.6) is 0 Å². The van der Waals surface area contributed by atoms with Crippen LogP contribution in [0.1, 0.15) is 121 Å². The van der Waals surface area contributed by atoms with Crippen molar-refractivity contribution in [1.29, 1.82) is 0 Å². The summed E-state index contributed by atoms with van der Waals surface area (Å²) in [5, 5.41) is 20.7. The van der Waals surface area contributed by atoms with Gasteiger partial charge in [-0.05, 0) is 75.5 Å². The van der Waals surface area contributed by atoms with E-state index in [-0.39, 0.29) is 65.9 Å². The zero-order valence-electron chi connectivity index (χ0n) is 34.1. The Hall–Kier alpha value is -4.41. The van der Waals surface area contributed by atoms with Gasteiger partial charge in [-0.15, -0.1) is 0 Å². The van der Waals surface area contributed by atoms with Gasteiger partial charge in [-0.25, -0.2) is 4.79 Å². The summed E-state index contributed by atoms with van der Waals surface area (Å²) in [5.74, 6) is 0.197. The van der Waals surface area contributed by atoms with Crippen LogP contribution in [0.15, 0.2) is 24.5 Å². The van der Waals surface area contributed by atoms with E-state index in [9.17, 15) is 33.6 Å². The molecule has 3 saturated heterocycles. The van der Waals surface area contributed by atoms with Crippen molar-refractivity contribution in [2.24, 2.45) is 0 Å². The van der Waals surface area contributed by atoms with Crippen molar-refractivity contribution < 1.29 is 33.6 Å². The highest BCUT2D eigenvalue weighted by atomic mass is 32.2. The van der Waals surface area contributed by atoms with Gasteiger partial charge in [0, 0.05) is 101 Å². The van der Waals surface area contributed by atoms with Crippen molar-refractivity contribution in [3.8, 4) is 0 Å². The lowest BCUT2D eigenvalue weighted by Gasteiger charge is -2.28. The van der Waals surface area contributed by atoms with Crippen molar-refractivity contribution >= 4 is 53.2 Å². The number of pyridine rings is 1. The Labute approximate surface area is 347 Å². The maximum absolute atomic E-state index is 13.3. The fraction of sp³-hybridized carbons (Fsp3) is 0.707. The average molecular weight is 828 g/mol. The first-order valence-electron chi connectivity index (χ1n) is 21.3. The van der Waals surface area contributed by atoms with Gasteiger partial charge >= 0.3 is 6.03 Å². The SMILES string of the molecule is C[C@@H](c1ccncc1)[C@@H](NC(=O)CCCCCNC(=O)CCCNC(=O)CCCNC(=O)CCCNC(=O)CCCC[C@@H]1SC[C@@H]2NC(=O)N[C@@H]21)C(=O)N1CCCC1. The lowest BCUT2D eigenvalue weighted by molar-refractivity contribution is -0.136. The second-order valence-electron chi connectivity index (χ2n) is 15.5. The van der Waals surface area contributed by atoms with E-state index in [1.54, 1.807) is 12.4 Å². The van der Waals surface area contributed by atoms with Crippen LogP contribution in [0.3, 0.4) is 0 Å². The smallest absolute Gasteiger partial charge is 0.315 e. The Morgan fingerprint density at radius 2 is 1.22 bits per heavy atom. The number of aromatic nitrogens is 1. The number of rotatable bonds is 27. The summed E-state index contributed by atoms with van der Waals surface area (Å²) in [6.45, 7) is 5.11. The monoisotopic (exact) mass is 827 g/mol. The van der Waals surface area contributed by atoms with E-state index >= 15 is 0 Å². The zero-order chi connectivity index (χ0) is 41.5. The lowest BCUT2D eigenvalue weighted by Crippen LogP contribution is -2.50. The van der Waals surface area contributed by atoms with Crippen LogP contribution < -0.4 is 37.2 Å². The minimum absolute atomic E-state index is 0.0175. The van der Waals surface area contributed by atoms with Crippen molar-refractivity contribution in [2.45, 2.75) is 139 Å². The number of nitrogens with one attached hydrogen (secondary N) is 7. The Balaban J connectivity index is 0.914. The molecule has 1 aromatic rings. The predicted octanol–water partition coefficient (Wildman–Crippen LogP) is 2.38. The zero-order valence-corrected chi connectivity index (χ0v) is 34.9. The first-order chi connectivity index (χ1) is 28.1. The molecule has 0 radical (unpaired) electrons. The molecule has 5 atom stereocenters.